The van der Waals surface area contributed by atoms with Gasteiger partial charge in [0.1, 0.15) is 5.60 Å². The lowest BCUT2D eigenvalue weighted by atomic mass is 9.90. The van der Waals surface area contributed by atoms with E-state index in [4.69, 9.17) is 4.74 Å². The van der Waals surface area contributed by atoms with Crippen LogP contribution in [0, 0.1) is 19.8 Å². The van der Waals surface area contributed by atoms with Gasteiger partial charge in [0.25, 0.3) is 0 Å². The highest BCUT2D eigenvalue weighted by molar-refractivity contribution is 5.84. The average Bonchev–Trinajstić information content (AvgIpc) is 2.65. The number of nitrogens with one attached hydrogen (secondary N) is 1. The second-order valence-corrected chi connectivity index (χ2v) is 9.78. The molecule has 1 aliphatic heterocycles. The molecule has 1 fully saturated rings. The van der Waals surface area contributed by atoms with Gasteiger partial charge in [-0.3, -0.25) is 20.2 Å². The van der Waals surface area contributed by atoms with E-state index in [0.29, 0.717) is 11.6 Å². The van der Waals surface area contributed by atoms with Gasteiger partial charge < -0.3 is 4.74 Å². The van der Waals surface area contributed by atoms with Crippen molar-refractivity contribution in [2.45, 2.75) is 72.4 Å². The van der Waals surface area contributed by atoms with Gasteiger partial charge in [0.2, 0.25) is 0 Å². The zero-order valence-electron chi connectivity index (χ0n) is 19.7. The predicted molar refractivity (Wildman–Crippen MR) is 124 cm³/mol. The molecule has 6 nitrogen and oxygen atoms in total. The number of piperidine rings is 1. The molecule has 0 spiro atoms. The van der Waals surface area contributed by atoms with Gasteiger partial charge in [-0.1, -0.05) is 0 Å². The van der Waals surface area contributed by atoms with E-state index in [1.165, 1.54) is 18.4 Å². The quantitative estimate of drug-likeness (QED) is 0.691. The molecule has 1 unspecified atom stereocenters. The van der Waals surface area contributed by atoms with Crippen LogP contribution in [0.25, 0.3) is 0 Å². The number of nitrogens with zero attached hydrogens (tertiary/aromatic N) is 3. The normalized spacial score (nSPS) is 18.5. The molecule has 168 valence electrons. The van der Waals surface area contributed by atoms with Gasteiger partial charge in [0, 0.05) is 30.2 Å². The zero-order chi connectivity index (χ0) is 22.6. The summed E-state index contributed by atoms with van der Waals surface area (Å²) in [5.74, 6) is 0.633. The summed E-state index contributed by atoms with van der Waals surface area (Å²) in [4.78, 5) is 23.5. The summed E-state index contributed by atoms with van der Waals surface area (Å²) in [6, 6.07) is 6.66. The van der Waals surface area contributed by atoms with E-state index in [2.05, 4.69) is 53.1 Å². The van der Waals surface area contributed by atoms with Crippen LogP contribution in [0.4, 0.5) is 10.5 Å². The fourth-order valence-electron chi connectivity index (χ4n) is 4.37. The van der Waals surface area contributed by atoms with Gasteiger partial charge in [0.15, 0.2) is 0 Å². The Labute approximate surface area is 186 Å². The first kappa shape index (κ1) is 23.2. The Morgan fingerprint density at radius 1 is 1.23 bits per heavy atom. The van der Waals surface area contributed by atoms with Crippen LogP contribution in [0.3, 0.4) is 0 Å². The topological polar surface area (TPSA) is 67.4 Å². The summed E-state index contributed by atoms with van der Waals surface area (Å²) >= 11 is 0. The molecule has 2 aromatic heterocycles. The molecule has 3 rings (SSSR count). The van der Waals surface area contributed by atoms with Crippen molar-refractivity contribution >= 4 is 11.8 Å². The fourth-order valence-corrected chi connectivity index (χ4v) is 4.37. The number of rotatable bonds is 5. The van der Waals surface area contributed by atoms with Crippen molar-refractivity contribution in [1.29, 1.82) is 0 Å². The van der Waals surface area contributed by atoms with E-state index >= 15 is 0 Å². The van der Waals surface area contributed by atoms with Crippen molar-refractivity contribution in [2.24, 2.45) is 5.92 Å². The number of ether oxygens (including phenoxy) is 1. The number of pyridine rings is 2. The summed E-state index contributed by atoms with van der Waals surface area (Å²) in [5, 5.41) is 2.80. The number of carbonyl (C=O) groups is 1. The molecule has 1 aliphatic rings. The van der Waals surface area contributed by atoms with E-state index < -0.39 is 11.7 Å². The summed E-state index contributed by atoms with van der Waals surface area (Å²) in [7, 11) is 0. The molecular weight excluding hydrogens is 388 g/mol. The molecular formula is C25H36N4O2. The zero-order valence-corrected chi connectivity index (χ0v) is 19.7. The Kier molecular flexibility index (Phi) is 7.31. The maximum Gasteiger partial charge on any atom is 0.412 e. The Balaban J connectivity index is 1.64. The van der Waals surface area contributed by atoms with Crippen LogP contribution in [0.5, 0.6) is 0 Å². The first-order chi connectivity index (χ1) is 14.6. The summed E-state index contributed by atoms with van der Waals surface area (Å²) < 4.78 is 5.35. The molecule has 0 saturated carbocycles. The van der Waals surface area contributed by atoms with Gasteiger partial charge in [-0.2, -0.15) is 0 Å². The third-order valence-corrected chi connectivity index (χ3v) is 5.65. The molecule has 0 bridgehead atoms. The number of aryl methyl sites for hydroxylation is 2. The molecule has 3 heterocycles. The number of hydrogen-bond donors (Lipinski definition) is 1. The minimum Gasteiger partial charge on any atom is -0.444 e. The highest BCUT2D eigenvalue weighted by Crippen LogP contribution is 2.29. The Morgan fingerprint density at radius 3 is 2.61 bits per heavy atom. The van der Waals surface area contributed by atoms with E-state index in [1.807, 2.05) is 33.0 Å². The van der Waals surface area contributed by atoms with Gasteiger partial charge in [-0.15, -0.1) is 0 Å². The van der Waals surface area contributed by atoms with Crippen molar-refractivity contribution in [3.8, 4) is 0 Å². The van der Waals surface area contributed by atoms with E-state index in [9.17, 15) is 4.79 Å². The van der Waals surface area contributed by atoms with Gasteiger partial charge in [-0.25, -0.2) is 4.79 Å². The largest absolute Gasteiger partial charge is 0.444 e. The van der Waals surface area contributed by atoms with Crippen LogP contribution >= 0.6 is 0 Å². The van der Waals surface area contributed by atoms with Crippen LogP contribution in [0.2, 0.25) is 0 Å². The van der Waals surface area contributed by atoms with E-state index in [0.717, 1.165) is 36.5 Å². The van der Waals surface area contributed by atoms with E-state index in [-0.39, 0.29) is 6.04 Å². The first-order valence-electron chi connectivity index (χ1n) is 11.2. The molecule has 1 amide bonds. The van der Waals surface area contributed by atoms with Crippen LogP contribution in [0.15, 0.2) is 30.6 Å². The van der Waals surface area contributed by atoms with Crippen molar-refractivity contribution in [3.05, 3.63) is 53.1 Å². The maximum absolute atomic E-state index is 12.1. The Hall–Kier alpha value is -2.47. The minimum absolute atomic E-state index is 0.233. The van der Waals surface area contributed by atoms with Crippen LogP contribution in [-0.4, -0.2) is 39.7 Å². The smallest absolute Gasteiger partial charge is 0.412 e. The molecule has 2 atom stereocenters. The molecule has 1 N–H and O–H groups in total. The summed E-state index contributed by atoms with van der Waals surface area (Å²) in [6.45, 7) is 14.0. The van der Waals surface area contributed by atoms with Crippen LogP contribution in [-0.2, 0) is 11.2 Å². The molecule has 31 heavy (non-hydrogen) atoms. The number of aromatic nitrogens is 2. The molecule has 1 saturated heterocycles. The predicted octanol–water partition coefficient (Wildman–Crippen LogP) is 5.46. The molecule has 0 aromatic carbocycles. The van der Waals surface area contributed by atoms with Crippen molar-refractivity contribution in [2.75, 3.05) is 18.4 Å². The molecule has 6 heteroatoms. The second-order valence-electron chi connectivity index (χ2n) is 9.78. The van der Waals surface area contributed by atoms with Crippen molar-refractivity contribution < 1.29 is 9.53 Å². The Bertz CT molecular complexity index is 886. The number of hydrogen-bond acceptors (Lipinski definition) is 5. The van der Waals surface area contributed by atoms with Gasteiger partial charge in [-0.05, 0) is 103 Å². The lowest BCUT2D eigenvalue weighted by molar-refractivity contribution is 0.0636. The first-order valence-corrected chi connectivity index (χ1v) is 11.2. The van der Waals surface area contributed by atoms with Gasteiger partial charge in [0.05, 0.1) is 11.9 Å². The number of carbonyl (C=O) groups excluding carboxylic acids is 1. The number of amides is 1. The van der Waals surface area contributed by atoms with E-state index in [1.54, 1.807) is 6.20 Å². The number of anilines is 1. The van der Waals surface area contributed by atoms with Crippen molar-refractivity contribution in [3.63, 3.8) is 0 Å². The lowest BCUT2D eigenvalue weighted by Gasteiger charge is -2.37. The molecule has 0 radical (unpaired) electrons. The van der Waals surface area contributed by atoms with Crippen LogP contribution in [0.1, 0.15) is 69.1 Å². The summed E-state index contributed by atoms with van der Waals surface area (Å²) in [5.41, 5.74) is 4.80. The third kappa shape index (κ3) is 7.03. The van der Waals surface area contributed by atoms with Gasteiger partial charge >= 0.3 is 6.09 Å². The fraction of sp³-hybridized carbons (Fsp3) is 0.560. The SMILES string of the molecule is Cc1cc(C[C@H]2CCCN(C(C)c3cncc(NC(=O)OC(C)(C)C)c3)C2)cc(C)n1. The third-order valence-electron chi connectivity index (χ3n) is 5.65. The van der Waals surface area contributed by atoms with Crippen molar-refractivity contribution in [1.82, 2.24) is 14.9 Å². The highest BCUT2D eigenvalue weighted by atomic mass is 16.6. The molecule has 0 aliphatic carbocycles. The second kappa shape index (κ2) is 9.77. The number of likely N-dealkylation sites (tertiary alicyclic amines) is 1. The molecule has 2 aromatic rings. The lowest BCUT2D eigenvalue weighted by Crippen LogP contribution is -2.38. The maximum atomic E-state index is 12.1. The monoisotopic (exact) mass is 424 g/mol. The standard InChI is InChI=1S/C25H36N4O2/c1-17-10-21(11-18(2)27-17)12-20-8-7-9-29(16-20)19(3)22-13-23(15-26-14-22)28-24(30)31-25(4,5)6/h10-11,13-15,19-20H,7-9,12,16H2,1-6H3,(H,28,30)/t19?,20-/m1/s1. The average molecular weight is 425 g/mol. The summed E-state index contributed by atoms with van der Waals surface area (Å²) in [6.07, 6.45) is 6.63. The van der Waals surface area contributed by atoms with Crippen LogP contribution < -0.4 is 5.32 Å². The Morgan fingerprint density at radius 2 is 1.94 bits per heavy atom. The minimum atomic E-state index is -0.531. The highest BCUT2D eigenvalue weighted by Gasteiger charge is 2.25.